The van der Waals surface area contributed by atoms with Gasteiger partial charge in [0.05, 0.1) is 18.2 Å². The topological polar surface area (TPSA) is 65.2 Å². The lowest BCUT2D eigenvalue weighted by atomic mass is 9.98. The fraction of sp³-hybridized carbons (Fsp3) is 0.0870. The third kappa shape index (κ3) is 3.34. The van der Waals surface area contributed by atoms with E-state index < -0.39 is 17.4 Å². The molecule has 0 unspecified atom stereocenters. The Kier molecular flexibility index (Phi) is 5.10. The SMILES string of the molecule is COc1ccccc1C(=O)c1nnc(-c2cc(-c3ccccc3)c(F)c(C)c2F)o1. The smallest absolute Gasteiger partial charge is 0.289 e. The zero-order valence-corrected chi connectivity index (χ0v) is 16.1. The molecule has 0 saturated carbocycles. The Labute approximate surface area is 171 Å². The van der Waals surface area contributed by atoms with E-state index in [1.165, 1.54) is 20.1 Å². The molecule has 4 aromatic rings. The molecule has 0 fully saturated rings. The maximum absolute atomic E-state index is 14.8. The Morgan fingerprint density at radius 3 is 2.33 bits per heavy atom. The van der Waals surface area contributed by atoms with Crippen molar-refractivity contribution in [1.82, 2.24) is 10.2 Å². The van der Waals surface area contributed by atoms with E-state index in [0.717, 1.165) is 0 Å². The van der Waals surface area contributed by atoms with E-state index in [4.69, 9.17) is 9.15 Å². The molecule has 150 valence electrons. The number of ether oxygens (including phenoxy) is 1. The van der Waals surface area contributed by atoms with Crippen LogP contribution >= 0.6 is 0 Å². The Bertz CT molecular complexity index is 1240. The number of rotatable bonds is 5. The van der Waals surface area contributed by atoms with Gasteiger partial charge in [-0.2, -0.15) is 0 Å². The molecule has 0 aliphatic rings. The Morgan fingerprint density at radius 1 is 0.933 bits per heavy atom. The highest BCUT2D eigenvalue weighted by atomic mass is 19.1. The molecule has 0 N–H and O–H groups in total. The molecular weight excluding hydrogens is 390 g/mol. The number of carbonyl (C=O) groups excluding carboxylic acids is 1. The molecule has 0 amide bonds. The van der Waals surface area contributed by atoms with Gasteiger partial charge in [0, 0.05) is 11.1 Å². The first kappa shape index (κ1) is 19.4. The summed E-state index contributed by atoms with van der Waals surface area (Å²) < 4.78 is 40.2. The standard InChI is InChI=1S/C23H16F2N2O3/c1-13-19(24)16(14-8-4-3-5-9-14)12-17(20(13)25)22-26-27-23(30-22)21(28)15-10-6-7-11-18(15)29-2/h3-12H,1-2H3. The van der Waals surface area contributed by atoms with Gasteiger partial charge in [0.1, 0.15) is 17.4 Å². The Morgan fingerprint density at radius 2 is 1.60 bits per heavy atom. The van der Waals surface area contributed by atoms with Crippen LogP contribution in [0.4, 0.5) is 8.78 Å². The molecule has 0 bridgehead atoms. The molecule has 30 heavy (non-hydrogen) atoms. The Balaban J connectivity index is 1.78. The van der Waals surface area contributed by atoms with Gasteiger partial charge in [-0.25, -0.2) is 8.78 Å². The van der Waals surface area contributed by atoms with Gasteiger partial charge in [0.2, 0.25) is 0 Å². The van der Waals surface area contributed by atoms with Gasteiger partial charge < -0.3 is 9.15 Å². The van der Waals surface area contributed by atoms with Crippen LogP contribution in [0.3, 0.4) is 0 Å². The molecule has 5 nitrogen and oxygen atoms in total. The predicted octanol–water partition coefficient (Wildman–Crippen LogP) is 5.23. The van der Waals surface area contributed by atoms with E-state index in [1.807, 2.05) is 0 Å². The van der Waals surface area contributed by atoms with Gasteiger partial charge in [0.15, 0.2) is 0 Å². The van der Waals surface area contributed by atoms with Crippen LogP contribution in [0.1, 0.15) is 21.8 Å². The molecule has 3 aromatic carbocycles. The van der Waals surface area contributed by atoms with Crippen molar-refractivity contribution in [1.29, 1.82) is 0 Å². The number of hydrogen-bond acceptors (Lipinski definition) is 5. The molecule has 1 aromatic heterocycles. The number of hydrogen-bond donors (Lipinski definition) is 0. The average Bonchev–Trinajstić information content (AvgIpc) is 3.27. The number of aromatic nitrogens is 2. The molecular formula is C23H16F2N2O3. The molecule has 0 radical (unpaired) electrons. The van der Waals surface area contributed by atoms with Crippen LogP contribution in [-0.4, -0.2) is 23.1 Å². The van der Waals surface area contributed by atoms with Crippen molar-refractivity contribution >= 4 is 5.78 Å². The minimum Gasteiger partial charge on any atom is -0.496 e. The third-order valence-electron chi connectivity index (χ3n) is 4.71. The van der Waals surface area contributed by atoms with Gasteiger partial charge in [-0.05, 0) is 30.7 Å². The van der Waals surface area contributed by atoms with E-state index in [9.17, 15) is 13.6 Å². The minimum absolute atomic E-state index is 0.0840. The van der Waals surface area contributed by atoms with Gasteiger partial charge in [0.25, 0.3) is 17.6 Å². The summed E-state index contributed by atoms with van der Waals surface area (Å²) in [5.74, 6) is -2.26. The maximum atomic E-state index is 14.8. The average molecular weight is 406 g/mol. The highest BCUT2D eigenvalue weighted by Crippen LogP contribution is 2.34. The van der Waals surface area contributed by atoms with Gasteiger partial charge >= 0.3 is 0 Å². The maximum Gasteiger partial charge on any atom is 0.289 e. The van der Waals surface area contributed by atoms with E-state index >= 15 is 0 Å². The number of nitrogens with zero attached hydrogens (tertiary/aromatic N) is 2. The van der Waals surface area contributed by atoms with E-state index in [2.05, 4.69) is 10.2 Å². The zero-order valence-electron chi connectivity index (χ0n) is 16.1. The van der Waals surface area contributed by atoms with Crippen molar-refractivity contribution in [2.45, 2.75) is 6.92 Å². The minimum atomic E-state index is -0.827. The first-order valence-electron chi connectivity index (χ1n) is 9.07. The van der Waals surface area contributed by atoms with Crippen LogP contribution in [0.5, 0.6) is 5.75 Å². The fourth-order valence-electron chi connectivity index (χ4n) is 3.13. The van der Waals surface area contributed by atoms with Gasteiger partial charge in [-0.15, -0.1) is 10.2 Å². The summed E-state index contributed by atoms with van der Waals surface area (Å²) in [5.41, 5.74) is 0.738. The first-order chi connectivity index (χ1) is 14.5. The molecule has 0 aliphatic carbocycles. The van der Waals surface area contributed by atoms with Crippen LogP contribution in [0.15, 0.2) is 65.1 Å². The van der Waals surface area contributed by atoms with Crippen LogP contribution < -0.4 is 4.74 Å². The van der Waals surface area contributed by atoms with Gasteiger partial charge in [-0.3, -0.25) is 4.79 Å². The number of carbonyl (C=O) groups is 1. The molecule has 0 saturated heterocycles. The molecule has 7 heteroatoms. The molecule has 0 atom stereocenters. The van der Waals surface area contributed by atoms with Gasteiger partial charge in [-0.1, -0.05) is 42.5 Å². The van der Waals surface area contributed by atoms with Crippen molar-refractivity contribution in [3.05, 3.63) is 89.3 Å². The van der Waals surface area contributed by atoms with Crippen LogP contribution in [0, 0.1) is 18.6 Å². The fourth-order valence-corrected chi connectivity index (χ4v) is 3.13. The normalized spacial score (nSPS) is 10.8. The van der Waals surface area contributed by atoms with E-state index in [0.29, 0.717) is 11.3 Å². The largest absolute Gasteiger partial charge is 0.496 e. The number of methoxy groups -OCH3 is 1. The number of ketones is 1. The number of para-hydroxylation sites is 1. The molecule has 1 heterocycles. The third-order valence-corrected chi connectivity index (χ3v) is 4.71. The van der Waals surface area contributed by atoms with Crippen molar-refractivity contribution in [2.75, 3.05) is 7.11 Å². The highest BCUT2D eigenvalue weighted by Gasteiger charge is 2.24. The van der Waals surface area contributed by atoms with E-state index in [1.54, 1.807) is 54.6 Å². The summed E-state index contributed by atoms with van der Waals surface area (Å²) in [7, 11) is 1.44. The summed E-state index contributed by atoms with van der Waals surface area (Å²) in [6.07, 6.45) is 0. The second-order valence-electron chi connectivity index (χ2n) is 6.53. The van der Waals surface area contributed by atoms with Crippen LogP contribution in [-0.2, 0) is 0 Å². The first-order valence-corrected chi connectivity index (χ1v) is 9.07. The summed E-state index contributed by atoms with van der Waals surface area (Å²) in [6.45, 7) is 1.33. The lowest BCUT2D eigenvalue weighted by Crippen LogP contribution is -2.04. The Hall–Kier alpha value is -3.87. The molecule has 0 spiro atoms. The van der Waals surface area contributed by atoms with Crippen molar-refractivity contribution in [3.8, 4) is 28.3 Å². The summed E-state index contributed by atoms with van der Waals surface area (Å²) in [6, 6.07) is 16.6. The van der Waals surface area contributed by atoms with Crippen molar-refractivity contribution in [2.24, 2.45) is 0 Å². The van der Waals surface area contributed by atoms with Crippen LogP contribution in [0.25, 0.3) is 22.6 Å². The lowest BCUT2D eigenvalue weighted by molar-refractivity contribution is 0.100. The zero-order chi connectivity index (χ0) is 21.3. The monoisotopic (exact) mass is 406 g/mol. The quantitative estimate of drug-likeness (QED) is 0.425. The van der Waals surface area contributed by atoms with Crippen molar-refractivity contribution in [3.63, 3.8) is 0 Å². The summed E-state index contributed by atoms with van der Waals surface area (Å²) in [4.78, 5) is 12.7. The number of benzene rings is 3. The lowest BCUT2D eigenvalue weighted by Gasteiger charge is -2.10. The summed E-state index contributed by atoms with van der Waals surface area (Å²) in [5, 5.41) is 7.57. The summed E-state index contributed by atoms with van der Waals surface area (Å²) >= 11 is 0. The highest BCUT2D eigenvalue weighted by molar-refractivity contribution is 6.07. The second kappa shape index (κ2) is 7.87. The van der Waals surface area contributed by atoms with Crippen LogP contribution in [0.2, 0.25) is 0 Å². The molecule has 4 rings (SSSR count). The molecule has 0 aliphatic heterocycles. The predicted molar refractivity (Wildman–Crippen MR) is 106 cm³/mol. The van der Waals surface area contributed by atoms with Crippen molar-refractivity contribution < 1.29 is 22.7 Å². The second-order valence-corrected chi connectivity index (χ2v) is 6.53. The van der Waals surface area contributed by atoms with E-state index in [-0.39, 0.29) is 34.0 Å². The number of halogens is 2.